The van der Waals surface area contributed by atoms with E-state index in [0.29, 0.717) is 6.54 Å². The number of amides is 1. The summed E-state index contributed by atoms with van der Waals surface area (Å²) in [4.78, 5) is 14.2. The zero-order valence-electron chi connectivity index (χ0n) is 10.9. The van der Waals surface area contributed by atoms with Crippen molar-refractivity contribution in [3.63, 3.8) is 0 Å². The largest absolute Gasteiger partial charge is 0.335 e. The van der Waals surface area contributed by atoms with Gasteiger partial charge in [0.1, 0.15) is 0 Å². The SMILES string of the molecule is C=CCN(CCC)C(=O)c1ccc2c(c1)CNC2. The molecule has 3 heteroatoms. The average Bonchev–Trinajstić information content (AvgIpc) is 2.84. The summed E-state index contributed by atoms with van der Waals surface area (Å²) in [6.07, 6.45) is 2.74. The highest BCUT2D eigenvalue weighted by Crippen LogP contribution is 2.18. The van der Waals surface area contributed by atoms with Gasteiger partial charge in [0.2, 0.25) is 0 Å². The molecule has 96 valence electrons. The lowest BCUT2D eigenvalue weighted by Gasteiger charge is -2.20. The highest BCUT2D eigenvalue weighted by Gasteiger charge is 2.17. The van der Waals surface area contributed by atoms with Gasteiger partial charge in [0.05, 0.1) is 0 Å². The monoisotopic (exact) mass is 244 g/mol. The molecule has 1 amide bonds. The molecule has 0 aromatic heterocycles. The van der Waals surface area contributed by atoms with Crippen molar-refractivity contribution in [2.24, 2.45) is 0 Å². The minimum atomic E-state index is 0.103. The second kappa shape index (κ2) is 5.83. The van der Waals surface area contributed by atoms with Gasteiger partial charge in [-0.1, -0.05) is 19.1 Å². The van der Waals surface area contributed by atoms with Crippen molar-refractivity contribution < 1.29 is 4.79 Å². The molecule has 2 rings (SSSR count). The predicted octanol–water partition coefficient (Wildman–Crippen LogP) is 2.33. The third-order valence-corrected chi connectivity index (χ3v) is 3.21. The van der Waals surface area contributed by atoms with Gasteiger partial charge in [0.15, 0.2) is 0 Å². The summed E-state index contributed by atoms with van der Waals surface area (Å²) in [6.45, 7) is 8.96. The predicted molar refractivity (Wildman–Crippen MR) is 73.4 cm³/mol. The van der Waals surface area contributed by atoms with E-state index in [-0.39, 0.29) is 5.91 Å². The molecular formula is C15H20N2O. The van der Waals surface area contributed by atoms with Gasteiger partial charge in [0, 0.05) is 31.7 Å². The van der Waals surface area contributed by atoms with Crippen LogP contribution in [0.2, 0.25) is 0 Å². The van der Waals surface area contributed by atoms with Crippen LogP contribution in [0.5, 0.6) is 0 Å². The Morgan fingerprint density at radius 1 is 1.44 bits per heavy atom. The molecule has 0 radical (unpaired) electrons. The van der Waals surface area contributed by atoms with Crippen LogP contribution in [0, 0.1) is 0 Å². The molecule has 3 nitrogen and oxygen atoms in total. The van der Waals surface area contributed by atoms with E-state index in [1.807, 2.05) is 17.0 Å². The van der Waals surface area contributed by atoms with Crippen molar-refractivity contribution in [3.8, 4) is 0 Å². The van der Waals surface area contributed by atoms with Crippen LogP contribution in [0.15, 0.2) is 30.9 Å². The standard InChI is InChI=1S/C15H20N2O/c1-3-7-17(8-4-2)15(18)12-5-6-13-10-16-11-14(13)9-12/h3,5-6,9,16H,1,4,7-8,10-11H2,2H3. The number of hydrogen-bond donors (Lipinski definition) is 1. The summed E-state index contributed by atoms with van der Waals surface area (Å²) < 4.78 is 0. The average molecular weight is 244 g/mol. The molecule has 1 aromatic carbocycles. The number of fused-ring (bicyclic) bond motifs is 1. The molecule has 0 unspecified atom stereocenters. The van der Waals surface area contributed by atoms with Crippen molar-refractivity contribution in [2.75, 3.05) is 13.1 Å². The van der Waals surface area contributed by atoms with Gasteiger partial charge in [-0.25, -0.2) is 0 Å². The van der Waals surface area contributed by atoms with Crippen LogP contribution >= 0.6 is 0 Å². The minimum Gasteiger partial charge on any atom is -0.335 e. The molecule has 18 heavy (non-hydrogen) atoms. The van der Waals surface area contributed by atoms with Gasteiger partial charge >= 0.3 is 0 Å². The molecule has 0 bridgehead atoms. The Kier molecular flexibility index (Phi) is 4.15. The Morgan fingerprint density at radius 3 is 2.94 bits per heavy atom. The van der Waals surface area contributed by atoms with E-state index in [1.54, 1.807) is 6.08 Å². The topological polar surface area (TPSA) is 32.3 Å². The van der Waals surface area contributed by atoms with Crippen LogP contribution in [-0.4, -0.2) is 23.9 Å². The van der Waals surface area contributed by atoms with Crippen LogP contribution in [0.4, 0.5) is 0 Å². The smallest absolute Gasteiger partial charge is 0.254 e. The summed E-state index contributed by atoms with van der Waals surface area (Å²) in [5.41, 5.74) is 3.33. The van der Waals surface area contributed by atoms with Crippen molar-refractivity contribution in [1.82, 2.24) is 10.2 Å². The fourth-order valence-electron chi connectivity index (χ4n) is 2.31. The van der Waals surface area contributed by atoms with Gasteiger partial charge in [-0.15, -0.1) is 6.58 Å². The van der Waals surface area contributed by atoms with Crippen molar-refractivity contribution in [2.45, 2.75) is 26.4 Å². The second-order valence-corrected chi connectivity index (χ2v) is 4.63. The first kappa shape index (κ1) is 12.8. The molecule has 1 heterocycles. The summed E-state index contributed by atoms with van der Waals surface area (Å²) in [7, 11) is 0. The van der Waals surface area contributed by atoms with Gasteiger partial charge in [-0.2, -0.15) is 0 Å². The molecule has 1 aliphatic rings. The Hall–Kier alpha value is -1.61. The summed E-state index contributed by atoms with van der Waals surface area (Å²) >= 11 is 0. The summed E-state index contributed by atoms with van der Waals surface area (Å²) in [6, 6.07) is 6.00. The van der Waals surface area contributed by atoms with Gasteiger partial charge in [-0.3, -0.25) is 4.79 Å². The molecule has 1 aromatic rings. The number of hydrogen-bond acceptors (Lipinski definition) is 2. The number of nitrogens with one attached hydrogen (secondary N) is 1. The van der Waals surface area contributed by atoms with Gasteiger partial charge in [0.25, 0.3) is 5.91 Å². The summed E-state index contributed by atoms with van der Waals surface area (Å²) in [5, 5.41) is 3.29. The van der Waals surface area contributed by atoms with E-state index in [0.717, 1.165) is 31.6 Å². The van der Waals surface area contributed by atoms with Crippen LogP contribution in [0.25, 0.3) is 0 Å². The van der Waals surface area contributed by atoms with Crippen LogP contribution in [-0.2, 0) is 13.1 Å². The minimum absolute atomic E-state index is 0.103. The Morgan fingerprint density at radius 2 is 2.22 bits per heavy atom. The fourth-order valence-corrected chi connectivity index (χ4v) is 2.31. The molecule has 0 atom stereocenters. The molecule has 1 aliphatic heterocycles. The van der Waals surface area contributed by atoms with Crippen molar-refractivity contribution >= 4 is 5.91 Å². The van der Waals surface area contributed by atoms with Crippen LogP contribution < -0.4 is 5.32 Å². The zero-order valence-corrected chi connectivity index (χ0v) is 10.9. The normalized spacial score (nSPS) is 13.2. The second-order valence-electron chi connectivity index (χ2n) is 4.63. The first-order chi connectivity index (χ1) is 8.76. The van der Waals surface area contributed by atoms with Crippen molar-refractivity contribution in [1.29, 1.82) is 0 Å². The lowest BCUT2D eigenvalue weighted by Crippen LogP contribution is -2.31. The zero-order chi connectivity index (χ0) is 13.0. The number of benzene rings is 1. The summed E-state index contributed by atoms with van der Waals surface area (Å²) in [5.74, 6) is 0.103. The maximum Gasteiger partial charge on any atom is 0.254 e. The molecule has 0 spiro atoms. The lowest BCUT2D eigenvalue weighted by molar-refractivity contribution is 0.0774. The fraction of sp³-hybridized carbons (Fsp3) is 0.400. The van der Waals surface area contributed by atoms with Gasteiger partial charge in [-0.05, 0) is 29.7 Å². The van der Waals surface area contributed by atoms with Gasteiger partial charge < -0.3 is 10.2 Å². The number of rotatable bonds is 5. The van der Waals surface area contributed by atoms with E-state index in [4.69, 9.17) is 0 Å². The highest BCUT2D eigenvalue weighted by atomic mass is 16.2. The molecule has 1 N–H and O–H groups in total. The van der Waals surface area contributed by atoms with E-state index in [1.165, 1.54) is 11.1 Å². The van der Waals surface area contributed by atoms with E-state index in [2.05, 4.69) is 24.9 Å². The van der Waals surface area contributed by atoms with Crippen LogP contribution in [0.1, 0.15) is 34.8 Å². The molecular weight excluding hydrogens is 224 g/mol. The number of carbonyl (C=O) groups excluding carboxylic acids is 1. The maximum absolute atomic E-state index is 12.4. The number of carbonyl (C=O) groups is 1. The van der Waals surface area contributed by atoms with E-state index < -0.39 is 0 Å². The first-order valence-electron chi connectivity index (χ1n) is 6.49. The Labute approximate surface area is 108 Å². The van der Waals surface area contributed by atoms with E-state index >= 15 is 0 Å². The molecule has 0 fully saturated rings. The van der Waals surface area contributed by atoms with Crippen molar-refractivity contribution in [3.05, 3.63) is 47.5 Å². The van der Waals surface area contributed by atoms with Crippen LogP contribution in [0.3, 0.4) is 0 Å². The quantitative estimate of drug-likeness (QED) is 0.806. The number of nitrogens with zero attached hydrogens (tertiary/aromatic N) is 1. The highest BCUT2D eigenvalue weighted by molar-refractivity contribution is 5.94. The maximum atomic E-state index is 12.4. The third kappa shape index (κ3) is 2.62. The third-order valence-electron chi connectivity index (χ3n) is 3.21. The molecule has 0 saturated carbocycles. The molecule has 0 saturated heterocycles. The lowest BCUT2D eigenvalue weighted by atomic mass is 10.1. The first-order valence-corrected chi connectivity index (χ1v) is 6.49. The Bertz CT molecular complexity index is 454. The Balaban J connectivity index is 2.18. The van der Waals surface area contributed by atoms with E-state index in [9.17, 15) is 4.79 Å². The molecule has 0 aliphatic carbocycles.